The largest absolute Gasteiger partial charge is 0.343 e. The quantitative estimate of drug-likeness (QED) is 0.872. The standard InChI is InChI=1S/C20H25FN2OS/c1-14-10-15(2)12-23(11-14)13-19(24)22-20(18-4-3-9-25-18)16-5-7-17(21)8-6-16/h3-9,14-15,20H,10-13H2,1-2H3,(H,22,24)/t14-,15+,20-/m0/s1. The SMILES string of the molecule is C[C@@H]1C[C@H](C)CN(CC(=O)N[C@@H](c2ccc(F)cc2)c2cccs2)C1. The number of benzene rings is 1. The molecule has 1 aromatic carbocycles. The molecular weight excluding hydrogens is 335 g/mol. The number of piperidine rings is 1. The van der Waals surface area contributed by atoms with E-state index in [4.69, 9.17) is 0 Å². The first-order valence-electron chi connectivity index (χ1n) is 8.82. The zero-order valence-electron chi connectivity index (χ0n) is 14.7. The summed E-state index contributed by atoms with van der Waals surface area (Å²) in [6.07, 6.45) is 1.23. The van der Waals surface area contributed by atoms with E-state index in [0.29, 0.717) is 18.4 Å². The molecule has 3 atom stereocenters. The minimum Gasteiger partial charge on any atom is -0.343 e. The van der Waals surface area contributed by atoms with E-state index in [-0.39, 0.29) is 17.8 Å². The number of hydrogen-bond donors (Lipinski definition) is 1. The molecule has 0 bridgehead atoms. The Kier molecular flexibility index (Phi) is 5.86. The van der Waals surface area contributed by atoms with Crippen LogP contribution < -0.4 is 5.32 Å². The van der Waals surface area contributed by atoms with Gasteiger partial charge in [0, 0.05) is 18.0 Å². The van der Waals surface area contributed by atoms with Crippen molar-refractivity contribution in [3.8, 4) is 0 Å². The number of nitrogens with one attached hydrogen (secondary N) is 1. The highest BCUT2D eigenvalue weighted by Crippen LogP contribution is 2.26. The fourth-order valence-electron chi connectivity index (χ4n) is 3.76. The molecule has 2 aromatic rings. The Morgan fingerprint density at radius 2 is 1.92 bits per heavy atom. The predicted octanol–water partition coefficient (Wildman–Crippen LogP) is 4.07. The average Bonchev–Trinajstić information content (AvgIpc) is 3.06. The van der Waals surface area contributed by atoms with Gasteiger partial charge < -0.3 is 5.32 Å². The summed E-state index contributed by atoms with van der Waals surface area (Å²) in [5.74, 6) is 1.00. The van der Waals surface area contributed by atoms with Crippen molar-refractivity contribution in [3.63, 3.8) is 0 Å². The van der Waals surface area contributed by atoms with E-state index in [1.165, 1.54) is 18.6 Å². The topological polar surface area (TPSA) is 32.3 Å². The maximum atomic E-state index is 13.2. The van der Waals surface area contributed by atoms with Crippen LogP contribution in [0.15, 0.2) is 41.8 Å². The third-order valence-corrected chi connectivity index (χ3v) is 5.59. The molecule has 0 unspecified atom stereocenters. The summed E-state index contributed by atoms with van der Waals surface area (Å²) in [6.45, 7) is 6.84. The molecule has 3 nitrogen and oxygen atoms in total. The molecule has 3 rings (SSSR count). The summed E-state index contributed by atoms with van der Waals surface area (Å²) >= 11 is 1.60. The number of likely N-dealkylation sites (tertiary alicyclic amines) is 1. The van der Waals surface area contributed by atoms with E-state index in [1.54, 1.807) is 23.5 Å². The van der Waals surface area contributed by atoms with Crippen LogP contribution in [0.3, 0.4) is 0 Å². The smallest absolute Gasteiger partial charge is 0.234 e. The van der Waals surface area contributed by atoms with Gasteiger partial charge in [0.1, 0.15) is 5.82 Å². The Hall–Kier alpha value is -1.72. The van der Waals surface area contributed by atoms with E-state index in [1.807, 2.05) is 17.5 Å². The van der Waals surface area contributed by atoms with Crippen molar-refractivity contribution in [1.82, 2.24) is 10.2 Å². The maximum Gasteiger partial charge on any atom is 0.234 e. The third kappa shape index (κ3) is 4.89. The number of thiophene rings is 1. The lowest BCUT2D eigenvalue weighted by Crippen LogP contribution is -2.45. The van der Waals surface area contributed by atoms with Crippen molar-refractivity contribution in [2.75, 3.05) is 19.6 Å². The molecule has 1 aliphatic rings. The van der Waals surface area contributed by atoms with Crippen LogP contribution in [-0.4, -0.2) is 30.4 Å². The van der Waals surface area contributed by atoms with Gasteiger partial charge in [0.2, 0.25) is 5.91 Å². The fourth-order valence-corrected chi connectivity index (χ4v) is 4.56. The molecule has 1 aliphatic heterocycles. The van der Waals surface area contributed by atoms with Crippen LogP contribution in [0.4, 0.5) is 4.39 Å². The second kappa shape index (κ2) is 8.11. The molecule has 5 heteroatoms. The number of amides is 1. The van der Waals surface area contributed by atoms with Crippen molar-refractivity contribution in [2.24, 2.45) is 11.8 Å². The summed E-state index contributed by atoms with van der Waals surface area (Å²) in [5.41, 5.74) is 0.901. The summed E-state index contributed by atoms with van der Waals surface area (Å²) in [7, 11) is 0. The zero-order chi connectivity index (χ0) is 17.8. The van der Waals surface area contributed by atoms with Crippen molar-refractivity contribution >= 4 is 17.2 Å². The average molecular weight is 360 g/mol. The van der Waals surface area contributed by atoms with E-state index < -0.39 is 0 Å². The first kappa shape index (κ1) is 18.1. The van der Waals surface area contributed by atoms with Crippen LogP contribution in [0, 0.1) is 17.7 Å². The molecule has 1 N–H and O–H groups in total. The lowest BCUT2D eigenvalue weighted by molar-refractivity contribution is -0.123. The zero-order valence-corrected chi connectivity index (χ0v) is 15.6. The number of halogens is 1. The van der Waals surface area contributed by atoms with Gasteiger partial charge in [0.15, 0.2) is 0 Å². The Labute approximate surface area is 152 Å². The van der Waals surface area contributed by atoms with Gasteiger partial charge in [-0.25, -0.2) is 4.39 Å². The van der Waals surface area contributed by atoms with Gasteiger partial charge in [0.25, 0.3) is 0 Å². The van der Waals surface area contributed by atoms with Crippen LogP contribution >= 0.6 is 11.3 Å². The fraction of sp³-hybridized carbons (Fsp3) is 0.450. The second-order valence-electron chi connectivity index (χ2n) is 7.21. The number of carbonyl (C=O) groups excluding carboxylic acids is 1. The Bertz CT molecular complexity index is 676. The molecule has 25 heavy (non-hydrogen) atoms. The molecule has 2 heterocycles. The lowest BCUT2D eigenvalue weighted by atomic mass is 9.92. The highest BCUT2D eigenvalue weighted by molar-refractivity contribution is 7.10. The van der Waals surface area contributed by atoms with E-state index in [2.05, 4.69) is 24.1 Å². The van der Waals surface area contributed by atoms with Crippen molar-refractivity contribution in [1.29, 1.82) is 0 Å². The molecule has 0 spiro atoms. The van der Waals surface area contributed by atoms with Crippen molar-refractivity contribution < 1.29 is 9.18 Å². The van der Waals surface area contributed by atoms with E-state index in [9.17, 15) is 9.18 Å². The molecule has 1 saturated heterocycles. The van der Waals surface area contributed by atoms with Crippen LogP contribution in [0.25, 0.3) is 0 Å². The number of hydrogen-bond acceptors (Lipinski definition) is 3. The number of carbonyl (C=O) groups is 1. The summed E-state index contributed by atoms with van der Waals surface area (Å²) < 4.78 is 13.2. The minimum absolute atomic E-state index is 0.0176. The minimum atomic E-state index is -0.267. The molecular formula is C20H25FN2OS. The first-order valence-corrected chi connectivity index (χ1v) is 9.70. The molecule has 1 amide bonds. The highest BCUT2D eigenvalue weighted by atomic mass is 32.1. The van der Waals surface area contributed by atoms with E-state index >= 15 is 0 Å². The van der Waals surface area contributed by atoms with Crippen molar-refractivity contribution in [2.45, 2.75) is 26.3 Å². The number of nitrogens with zero attached hydrogens (tertiary/aromatic N) is 1. The summed E-state index contributed by atoms with van der Waals surface area (Å²) in [4.78, 5) is 15.9. The highest BCUT2D eigenvalue weighted by Gasteiger charge is 2.25. The Morgan fingerprint density at radius 1 is 1.24 bits per heavy atom. The van der Waals surface area contributed by atoms with Gasteiger partial charge in [0.05, 0.1) is 12.6 Å². The van der Waals surface area contributed by atoms with Crippen LogP contribution in [-0.2, 0) is 4.79 Å². The molecule has 0 radical (unpaired) electrons. The van der Waals surface area contributed by atoms with Gasteiger partial charge in [-0.2, -0.15) is 0 Å². The van der Waals surface area contributed by atoms with Gasteiger partial charge in [-0.3, -0.25) is 9.69 Å². The number of rotatable bonds is 5. The Morgan fingerprint density at radius 3 is 2.52 bits per heavy atom. The van der Waals surface area contributed by atoms with Gasteiger partial charge in [-0.1, -0.05) is 32.0 Å². The predicted molar refractivity (Wildman–Crippen MR) is 100 cm³/mol. The van der Waals surface area contributed by atoms with Gasteiger partial charge >= 0.3 is 0 Å². The van der Waals surface area contributed by atoms with E-state index in [0.717, 1.165) is 23.5 Å². The monoisotopic (exact) mass is 360 g/mol. The van der Waals surface area contributed by atoms with Gasteiger partial charge in [-0.05, 0) is 47.4 Å². The van der Waals surface area contributed by atoms with Crippen molar-refractivity contribution in [3.05, 3.63) is 58.0 Å². The van der Waals surface area contributed by atoms with Crippen LogP contribution in [0.5, 0.6) is 0 Å². The molecule has 0 saturated carbocycles. The van der Waals surface area contributed by atoms with Crippen LogP contribution in [0.2, 0.25) is 0 Å². The van der Waals surface area contributed by atoms with Crippen LogP contribution in [0.1, 0.15) is 36.8 Å². The maximum absolute atomic E-state index is 13.2. The molecule has 134 valence electrons. The van der Waals surface area contributed by atoms with Gasteiger partial charge in [-0.15, -0.1) is 11.3 Å². The second-order valence-corrected chi connectivity index (χ2v) is 8.19. The Balaban J connectivity index is 1.70. The first-order chi connectivity index (χ1) is 12.0. The molecule has 1 aromatic heterocycles. The molecule has 1 fully saturated rings. The lowest BCUT2D eigenvalue weighted by Gasteiger charge is -2.34. The summed E-state index contributed by atoms with van der Waals surface area (Å²) in [6, 6.07) is 10.1. The summed E-state index contributed by atoms with van der Waals surface area (Å²) in [5, 5.41) is 5.13. The normalized spacial score (nSPS) is 22.5. The molecule has 0 aliphatic carbocycles. The third-order valence-electron chi connectivity index (χ3n) is 4.65.